The number of ether oxygens (including phenoxy) is 11. The smallest absolute Gasteiger partial charge is 0.303 e. The van der Waals surface area contributed by atoms with Gasteiger partial charge in [-0.2, -0.15) is 4.89 Å². The quantitative estimate of drug-likeness (QED) is 0.0210. The first-order valence-corrected chi connectivity index (χ1v) is 29.4. The van der Waals surface area contributed by atoms with Gasteiger partial charge < -0.3 is 57.0 Å². The van der Waals surface area contributed by atoms with Crippen molar-refractivity contribution in [1.29, 1.82) is 0 Å². The van der Waals surface area contributed by atoms with Crippen LogP contribution in [0.25, 0.3) is 11.1 Å². The standard InChI is InChI=1S/C62H64FNO24S/c1-33(65)76-31-49-53(78-34(2)66)55(80-36(4)68)54(79-35(3)67)52(84-49)43-21-19-41(20-22-43)44-25-28-47(48(29-44)77-30-40-15-11-9-12-16-40)51-59(60(72)64(51)46-17-13-10-14-18-46)89(73,74)32-50(42-23-26-45(63)27-24-42)85-61-57(82-38(6)70)56(81-37(5)69)58(83-39(7)71)62(86-61)87-88-75-8/h9-29,49-59,61-62H,30-32H2,1-8H3/t49-,50+,51-,52?,53-,54+,55+,56-,57?,58-,59-,61-,62?/m1/s1. The Balaban J connectivity index is 1.20. The maximum Gasteiger partial charge on any atom is 0.303 e. The number of amides is 1. The third-order valence-corrected chi connectivity index (χ3v) is 16.1. The molecule has 0 aliphatic carbocycles. The van der Waals surface area contributed by atoms with Crippen molar-refractivity contribution in [2.45, 2.75) is 134 Å². The summed E-state index contributed by atoms with van der Waals surface area (Å²) in [5.41, 5.74) is 2.74. The molecule has 3 aliphatic rings. The van der Waals surface area contributed by atoms with Crippen molar-refractivity contribution in [3.05, 3.63) is 155 Å². The topological polar surface area (TPSA) is 303 Å². The van der Waals surface area contributed by atoms with Gasteiger partial charge in [0.05, 0.1) is 25.0 Å². The van der Waals surface area contributed by atoms with Gasteiger partial charge in [-0.3, -0.25) is 38.4 Å². The highest BCUT2D eigenvalue weighted by Gasteiger charge is 2.59. The molecule has 474 valence electrons. The van der Waals surface area contributed by atoms with Crippen molar-refractivity contribution >= 4 is 63.2 Å². The molecule has 13 atom stereocenters. The number of sulfone groups is 1. The van der Waals surface area contributed by atoms with Gasteiger partial charge in [-0.25, -0.2) is 17.7 Å². The first-order valence-electron chi connectivity index (χ1n) is 27.7. The molecule has 0 spiro atoms. The summed E-state index contributed by atoms with van der Waals surface area (Å²) < 4.78 is 110. The lowest BCUT2D eigenvalue weighted by Crippen LogP contribution is -2.63. The molecule has 5 aromatic rings. The predicted molar refractivity (Wildman–Crippen MR) is 303 cm³/mol. The van der Waals surface area contributed by atoms with Crippen LogP contribution in [0.5, 0.6) is 5.75 Å². The van der Waals surface area contributed by atoms with Crippen molar-refractivity contribution in [3.8, 4) is 16.9 Å². The minimum atomic E-state index is -4.83. The highest BCUT2D eigenvalue weighted by atomic mass is 32.2. The Kier molecular flexibility index (Phi) is 22.0. The Morgan fingerprint density at radius 1 is 0.584 bits per heavy atom. The first kappa shape index (κ1) is 66.3. The molecule has 0 aromatic heterocycles. The van der Waals surface area contributed by atoms with Crippen LogP contribution in [0.2, 0.25) is 0 Å². The normalized spacial score (nSPS) is 24.4. The van der Waals surface area contributed by atoms with Crippen LogP contribution in [0.4, 0.5) is 10.1 Å². The summed E-state index contributed by atoms with van der Waals surface area (Å²) >= 11 is 0. The number of para-hydroxylation sites is 1. The van der Waals surface area contributed by atoms with Gasteiger partial charge in [-0.05, 0) is 58.1 Å². The minimum Gasteiger partial charge on any atom is -0.489 e. The zero-order chi connectivity index (χ0) is 64.3. The van der Waals surface area contributed by atoms with Crippen LogP contribution < -0.4 is 9.64 Å². The Labute approximate surface area is 510 Å². The summed E-state index contributed by atoms with van der Waals surface area (Å²) in [7, 11) is -3.78. The number of halogens is 1. The number of hydrogen-bond donors (Lipinski definition) is 0. The van der Waals surface area contributed by atoms with Crippen molar-refractivity contribution < 1.29 is 118 Å². The fraction of sp³-hybridized carbons (Fsp3) is 0.387. The van der Waals surface area contributed by atoms with Gasteiger partial charge in [0.15, 0.2) is 51.7 Å². The van der Waals surface area contributed by atoms with Crippen molar-refractivity contribution in [2.24, 2.45) is 0 Å². The van der Waals surface area contributed by atoms with E-state index in [2.05, 4.69) is 9.93 Å². The van der Waals surface area contributed by atoms with E-state index in [9.17, 15) is 42.7 Å². The predicted octanol–water partition coefficient (Wildman–Crippen LogP) is 6.49. The van der Waals surface area contributed by atoms with Gasteiger partial charge in [-0.1, -0.05) is 102 Å². The van der Waals surface area contributed by atoms with E-state index in [1.807, 2.05) is 18.2 Å². The highest BCUT2D eigenvalue weighted by molar-refractivity contribution is 7.93. The maximum atomic E-state index is 15.5. The van der Waals surface area contributed by atoms with Crippen molar-refractivity contribution in [3.63, 3.8) is 0 Å². The molecule has 0 N–H and O–H groups in total. The average molecular weight is 1260 g/mol. The lowest BCUT2D eigenvalue weighted by atomic mass is 9.88. The van der Waals surface area contributed by atoms with E-state index in [0.717, 1.165) is 73.3 Å². The van der Waals surface area contributed by atoms with Crippen molar-refractivity contribution in [2.75, 3.05) is 24.4 Å². The van der Waals surface area contributed by atoms with Gasteiger partial charge in [0.1, 0.15) is 37.0 Å². The number of rotatable bonds is 24. The van der Waals surface area contributed by atoms with E-state index >= 15 is 8.42 Å². The van der Waals surface area contributed by atoms with Crippen LogP contribution in [-0.4, -0.2) is 136 Å². The number of hydrogen-bond acceptors (Lipinski definition) is 24. The van der Waals surface area contributed by atoms with Crippen LogP contribution in [0.1, 0.15) is 89.0 Å². The van der Waals surface area contributed by atoms with Crippen LogP contribution in [0.3, 0.4) is 0 Å². The van der Waals surface area contributed by atoms with E-state index in [4.69, 9.17) is 57.0 Å². The van der Waals surface area contributed by atoms with E-state index in [1.54, 1.807) is 84.9 Å². The molecule has 89 heavy (non-hydrogen) atoms. The third-order valence-electron chi connectivity index (χ3n) is 14.1. The van der Waals surface area contributed by atoms with E-state index in [0.29, 0.717) is 22.4 Å². The summed E-state index contributed by atoms with van der Waals surface area (Å²) in [6.45, 7) is 7.05. The van der Waals surface area contributed by atoms with Gasteiger partial charge >= 0.3 is 41.8 Å². The van der Waals surface area contributed by atoms with Gasteiger partial charge in [0, 0.05) is 59.7 Å². The molecule has 5 aromatic carbocycles. The molecule has 0 radical (unpaired) electrons. The molecule has 8 rings (SSSR count). The molecular weight excluding hydrogens is 1190 g/mol. The largest absolute Gasteiger partial charge is 0.489 e. The fourth-order valence-corrected chi connectivity index (χ4v) is 12.5. The van der Waals surface area contributed by atoms with E-state index < -0.39 is 155 Å². The Hall–Kier alpha value is -8.70. The molecule has 3 unspecified atom stereocenters. The molecule has 25 nitrogen and oxygen atoms in total. The number of esters is 7. The van der Waals surface area contributed by atoms with Crippen LogP contribution in [-0.2, 0) is 117 Å². The van der Waals surface area contributed by atoms with Crippen molar-refractivity contribution in [1.82, 2.24) is 0 Å². The molecule has 3 saturated heterocycles. The highest BCUT2D eigenvalue weighted by Crippen LogP contribution is 2.48. The monoisotopic (exact) mass is 1260 g/mol. The van der Waals surface area contributed by atoms with Crippen LogP contribution >= 0.6 is 0 Å². The molecule has 3 aliphatic heterocycles. The maximum absolute atomic E-state index is 15.5. The summed E-state index contributed by atoms with van der Waals surface area (Å²) in [6, 6.07) is 32.1. The SMILES string of the molecule is COOOC1O[C@@H](O[C@@H](CS(=O)(=O)[C@H]2C(=O)N(c3ccccc3)[C@@H]2c2ccc(-c3ccc(C4O[C@H](COC(C)=O)[C@@H](OC(C)=O)[C@H](OC(C)=O)[C@H]4OC(C)=O)cc3)cc2OCc2ccccc2)c2ccc(F)cc2)C(OC(C)=O)[C@@H](OC(C)=O)[C@H]1OC(C)=O. The zero-order valence-corrected chi connectivity index (χ0v) is 50.1. The van der Waals surface area contributed by atoms with Crippen LogP contribution in [0, 0.1) is 5.82 Å². The lowest BCUT2D eigenvalue weighted by Gasteiger charge is -2.47. The zero-order valence-electron chi connectivity index (χ0n) is 49.3. The molecule has 27 heteroatoms. The molecule has 0 saturated carbocycles. The number of carbonyl (C=O) groups is 8. The molecular formula is C62H64FNO24S. The minimum absolute atomic E-state index is 0.0107. The lowest BCUT2D eigenvalue weighted by molar-refractivity contribution is -0.559. The first-order chi connectivity index (χ1) is 42.4. The second-order valence-corrected chi connectivity index (χ2v) is 22.8. The summed E-state index contributed by atoms with van der Waals surface area (Å²) in [5.74, 6) is -8.43. The number of nitrogens with zero attached hydrogens (tertiary/aromatic N) is 1. The fourth-order valence-electron chi connectivity index (χ4n) is 10.5. The molecule has 3 heterocycles. The summed E-state index contributed by atoms with van der Waals surface area (Å²) in [4.78, 5) is 113. The number of benzene rings is 5. The molecule has 0 bridgehead atoms. The number of β-lactam (4-membered cyclic amide) rings is 1. The Morgan fingerprint density at radius 2 is 1.11 bits per heavy atom. The third kappa shape index (κ3) is 16.5. The average Bonchev–Trinajstić information content (AvgIpc) is 1.37. The Morgan fingerprint density at radius 3 is 1.69 bits per heavy atom. The van der Waals surface area contributed by atoms with Gasteiger partial charge in [0.25, 0.3) is 0 Å². The number of carbonyl (C=O) groups excluding carboxylic acids is 8. The second kappa shape index (κ2) is 29.5. The Bertz CT molecular complexity index is 3460. The van der Waals surface area contributed by atoms with Gasteiger partial charge in [-0.15, -0.1) is 0 Å². The number of anilines is 1. The van der Waals surface area contributed by atoms with Crippen LogP contribution in [0.15, 0.2) is 127 Å². The second-order valence-electron chi connectivity index (χ2n) is 20.6. The summed E-state index contributed by atoms with van der Waals surface area (Å²) in [5, 5.41) is 2.77. The molecule has 3 fully saturated rings. The van der Waals surface area contributed by atoms with Gasteiger partial charge in [0.2, 0.25) is 18.5 Å². The molecule has 1 amide bonds. The van der Waals surface area contributed by atoms with E-state index in [-0.39, 0.29) is 23.5 Å². The van der Waals surface area contributed by atoms with E-state index in [1.165, 1.54) is 17.0 Å². The summed E-state index contributed by atoms with van der Waals surface area (Å²) in [6.07, 6.45) is -17.5.